The summed E-state index contributed by atoms with van der Waals surface area (Å²) in [7, 11) is -3.54. The Morgan fingerprint density at radius 3 is 2.67 bits per heavy atom. The van der Waals surface area contributed by atoms with E-state index in [0.717, 1.165) is 12.8 Å². The molecular formula is C15H22BrNO3S. The van der Waals surface area contributed by atoms with Crippen LogP contribution in [0, 0.1) is 12.8 Å². The summed E-state index contributed by atoms with van der Waals surface area (Å²) in [5, 5.41) is 9.32. The fourth-order valence-electron chi connectivity index (χ4n) is 2.83. The Hall–Kier alpha value is -0.430. The molecule has 1 fully saturated rings. The highest BCUT2D eigenvalue weighted by molar-refractivity contribution is 9.10. The summed E-state index contributed by atoms with van der Waals surface area (Å²) in [6, 6.07) is 3.34. The van der Waals surface area contributed by atoms with Crippen molar-refractivity contribution in [3.63, 3.8) is 0 Å². The minimum absolute atomic E-state index is 0.000270. The van der Waals surface area contributed by atoms with Crippen molar-refractivity contribution in [1.82, 2.24) is 4.31 Å². The molecule has 1 aliphatic rings. The maximum atomic E-state index is 13.0. The average Bonchev–Trinajstić information content (AvgIpc) is 2.44. The molecule has 0 amide bonds. The molecule has 2 unspecified atom stereocenters. The van der Waals surface area contributed by atoms with Crippen LogP contribution in [0.1, 0.15) is 37.8 Å². The zero-order valence-corrected chi connectivity index (χ0v) is 15.0. The Bertz CT molecular complexity index is 630. The number of hydrogen-bond acceptors (Lipinski definition) is 3. The molecular weight excluding hydrogens is 354 g/mol. The molecule has 0 aliphatic carbocycles. The number of piperidine rings is 1. The fraction of sp³-hybridized carbons (Fsp3) is 0.600. The van der Waals surface area contributed by atoms with E-state index in [4.69, 9.17) is 0 Å². The normalized spacial score (nSPS) is 24.2. The van der Waals surface area contributed by atoms with Gasteiger partial charge in [-0.2, -0.15) is 4.31 Å². The third-order valence-electron chi connectivity index (χ3n) is 4.44. The van der Waals surface area contributed by atoms with Gasteiger partial charge in [0.05, 0.1) is 11.5 Å². The smallest absolute Gasteiger partial charge is 0.243 e. The van der Waals surface area contributed by atoms with Gasteiger partial charge in [-0.1, -0.05) is 22.9 Å². The molecule has 1 aliphatic heterocycles. The van der Waals surface area contributed by atoms with Gasteiger partial charge in [0.25, 0.3) is 0 Å². The van der Waals surface area contributed by atoms with Gasteiger partial charge >= 0.3 is 0 Å². The third-order valence-corrected chi connectivity index (χ3v) is 7.38. The summed E-state index contributed by atoms with van der Waals surface area (Å²) in [6.45, 7) is 6.25. The number of sulfonamides is 1. The van der Waals surface area contributed by atoms with Crippen LogP contribution in [0.3, 0.4) is 0 Å². The van der Waals surface area contributed by atoms with E-state index < -0.39 is 10.0 Å². The summed E-state index contributed by atoms with van der Waals surface area (Å²) in [5.41, 5.74) is 1.29. The lowest BCUT2D eigenvalue weighted by molar-refractivity contribution is 0.202. The first-order valence-corrected chi connectivity index (χ1v) is 9.44. The topological polar surface area (TPSA) is 57.6 Å². The van der Waals surface area contributed by atoms with Gasteiger partial charge in [-0.15, -0.1) is 0 Å². The van der Waals surface area contributed by atoms with Crippen molar-refractivity contribution in [2.75, 3.05) is 6.54 Å². The fourth-order valence-corrected chi connectivity index (χ4v) is 5.53. The molecule has 1 saturated heterocycles. The lowest BCUT2D eigenvalue weighted by atomic mass is 9.94. The van der Waals surface area contributed by atoms with Gasteiger partial charge in [-0.25, -0.2) is 8.42 Å². The number of aliphatic hydroxyl groups is 1. The predicted molar refractivity (Wildman–Crippen MR) is 86.6 cm³/mol. The molecule has 1 aromatic rings. The number of halogens is 1. The molecule has 1 aromatic carbocycles. The van der Waals surface area contributed by atoms with Crippen LogP contribution in [-0.2, 0) is 16.6 Å². The second kappa shape index (κ2) is 6.36. The Morgan fingerprint density at radius 1 is 1.38 bits per heavy atom. The Balaban J connectivity index is 2.51. The Kier molecular flexibility index (Phi) is 5.13. The van der Waals surface area contributed by atoms with Gasteiger partial charge in [0.1, 0.15) is 0 Å². The maximum absolute atomic E-state index is 13.0. The largest absolute Gasteiger partial charge is 0.392 e. The highest BCUT2D eigenvalue weighted by Crippen LogP contribution is 2.33. The van der Waals surface area contributed by atoms with Crippen molar-refractivity contribution in [2.45, 2.75) is 51.2 Å². The van der Waals surface area contributed by atoms with Gasteiger partial charge in [0.15, 0.2) is 0 Å². The standard InChI is InChI=1S/C15H22BrNO3S/c1-10-5-4-6-17(12(10)3)21(19,20)15-8-13(9-18)7-14(16)11(15)2/h7-8,10,12,18H,4-6,9H2,1-3H3. The zero-order chi connectivity index (χ0) is 15.8. The van der Waals surface area contributed by atoms with Crippen molar-refractivity contribution in [3.8, 4) is 0 Å². The molecule has 1 heterocycles. The van der Waals surface area contributed by atoms with E-state index in [1.807, 2.05) is 6.92 Å². The SMILES string of the molecule is Cc1c(Br)cc(CO)cc1S(=O)(=O)N1CCCC(C)C1C. The Morgan fingerprint density at radius 2 is 2.05 bits per heavy atom. The first-order chi connectivity index (χ1) is 9.78. The van der Waals surface area contributed by atoms with Crippen LogP contribution in [0.4, 0.5) is 0 Å². The number of benzene rings is 1. The second-order valence-electron chi connectivity index (χ2n) is 5.83. The molecule has 1 N–H and O–H groups in total. The quantitative estimate of drug-likeness (QED) is 0.882. The number of hydrogen-bond donors (Lipinski definition) is 1. The Labute approximate surface area is 135 Å². The van der Waals surface area contributed by atoms with Crippen LogP contribution in [0.2, 0.25) is 0 Å². The van der Waals surface area contributed by atoms with Crippen LogP contribution < -0.4 is 0 Å². The predicted octanol–water partition coefficient (Wildman–Crippen LogP) is 3.06. The minimum atomic E-state index is -3.54. The number of nitrogens with zero attached hydrogens (tertiary/aromatic N) is 1. The first kappa shape index (κ1) is 16.9. The first-order valence-electron chi connectivity index (χ1n) is 7.20. The number of rotatable bonds is 3. The lowest BCUT2D eigenvalue weighted by Gasteiger charge is -2.37. The van der Waals surface area contributed by atoms with Crippen LogP contribution >= 0.6 is 15.9 Å². The zero-order valence-electron chi connectivity index (χ0n) is 12.6. The minimum Gasteiger partial charge on any atom is -0.392 e. The van der Waals surface area contributed by atoms with E-state index in [2.05, 4.69) is 22.9 Å². The molecule has 21 heavy (non-hydrogen) atoms. The molecule has 0 bridgehead atoms. The molecule has 2 rings (SSSR count). The van der Waals surface area contributed by atoms with E-state index >= 15 is 0 Å². The third kappa shape index (κ3) is 3.18. The number of aliphatic hydroxyl groups excluding tert-OH is 1. The molecule has 118 valence electrons. The van der Waals surface area contributed by atoms with Crippen LogP contribution in [0.15, 0.2) is 21.5 Å². The van der Waals surface area contributed by atoms with E-state index in [9.17, 15) is 13.5 Å². The lowest BCUT2D eigenvalue weighted by Crippen LogP contribution is -2.46. The highest BCUT2D eigenvalue weighted by Gasteiger charge is 2.35. The van der Waals surface area contributed by atoms with Gasteiger partial charge in [-0.3, -0.25) is 0 Å². The molecule has 0 spiro atoms. The van der Waals surface area contributed by atoms with Crippen molar-refractivity contribution in [2.24, 2.45) is 5.92 Å². The van der Waals surface area contributed by atoms with Gasteiger partial charge < -0.3 is 5.11 Å². The van der Waals surface area contributed by atoms with Crippen LogP contribution in [-0.4, -0.2) is 30.4 Å². The van der Waals surface area contributed by atoms with Crippen molar-refractivity contribution >= 4 is 26.0 Å². The van der Waals surface area contributed by atoms with Crippen LogP contribution in [0.5, 0.6) is 0 Å². The van der Waals surface area contributed by atoms with Gasteiger partial charge in [0, 0.05) is 17.1 Å². The van der Waals surface area contributed by atoms with Crippen molar-refractivity contribution in [3.05, 3.63) is 27.7 Å². The summed E-state index contributed by atoms with van der Waals surface area (Å²) >= 11 is 3.39. The summed E-state index contributed by atoms with van der Waals surface area (Å²) in [5.74, 6) is 0.360. The van der Waals surface area contributed by atoms with Crippen molar-refractivity contribution < 1.29 is 13.5 Å². The van der Waals surface area contributed by atoms with Crippen LogP contribution in [0.25, 0.3) is 0 Å². The maximum Gasteiger partial charge on any atom is 0.243 e. The van der Waals surface area contributed by atoms with Gasteiger partial charge in [0.2, 0.25) is 10.0 Å². The van der Waals surface area contributed by atoms with Gasteiger partial charge in [-0.05, 0) is 55.9 Å². The molecule has 2 atom stereocenters. The summed E-state index contributed by atoms with van der Waals surface area (Å²) in [6.07, 6.45) is 1.96. The summed E-state index contributed by atoms with van der Waals surface area (Å²) in [4.78, 5) is 0.293. The summed E-state index contributed by atoms with van der Waals surface area (Å²) < 4.78 is 28.3. The van der Waals surface area contributed by atoms with E-state index in [-0.39, 0.29) is 12.6 Å². The second-order valence-corrected chi connectivity index (χ2v) is 8.55. The monoisotopic (exact) mass is 375 g/mol. The van der Waals surface area contributed by atoms with E-state index in [1.54, 1.807) is 23.4 Å². The molecule has 4 nitrogen and oxygen atoms in total. The van der Waals surface area contributed by atoms with E-state index in [0.29, 0.717) is 33.0 Å². The molecule has 0 saturated carbocycles. The highest BCUT2D eigenvalue weighted by atomic mass is 79.9. The molecule has 0 radical (unpaired) electrons. The van der Waals surface area contributed by atoms with Crippen molar-refractivity contribution in [1.29, 1.82) is 0 Å². The molecule has 0 aromatic heterocycles. The molecule has 6 heteroatoms. The average molecular weight is 376 g/mol. The van der Waals surface area contributed by atoms with E-state index in [1.165, 1.54) is 0 Å².